The zero-order chi connectivity index (χ0) is 11.1. The van der Waals surface area contributed by atoms with Crippen molar-refractivity contribution in [1.82, 2.24) is 0 Å². The van der Waals surface area contributed by atoms with E-state index in [9.17, 15) is 4.79 Å². The van der Waals surface area contributed by atoms with E-state index >= 15 is 0 Å². The SMILES string of the molecule is Nc1ccccc1NOC(=O)OCCS. The quantitative estimate of drug-likeness (QED) is 0.316. The van der Waals surface area contributed by atoms with Gasteiger partial charge in [-0.15, -0.1) is 0 Å². The molecular weight excluding hydrogens is 216 g/mol. The standard InChI is InChI=1S/C9H12N2O3S/c10-7-3-1-2-4-8(7)11-14-9(12)13-5-6-15/h1-4,11,15H,5-6,10H2. The van der Waals surface area contributed by atoms with Gasteiger partial charge in [-0.05, 0) is 12.1 Å². The summed E-state index contributed by atoms with van der Waals surface area (Å²) in [4.78, 5) is 15.5. The first-order valence-corrected chi connectivity index (χ1v) is 4.92. The number of para-hydroxylation sites is 2. The lowest BCUT2D eigenvalue weighted by Gasteiger charge is -2.08. The van der Waals surface area contributed by atoms with Gasteiger partial charge in [0.05, 0.1) is 11.4 Å². The molecule has 0 saturated carbocycles. The Labute approximate surface area is 92.9 Å². The Morgan fingerprint density at radius 3 is 2.87 bits per heavy atom. The van der Waals surface area contributed by atoms with Crippen LogP contribution in [0.3, 0.4) is 0 Å². The number of nitrogens with one attached hydrogen (secondary N) is 1. The highest BCUT2D eigenvalue weighted by Gasteiger charge is 2.04. The first-order chi connectivity index (χ1) is 7.24. The number of ether oxygens (including phenoxy) is 1. The van der Waals surface area contributed by atoms with Crippen LogP contribution in [0.4, 0.5) is 16.2 Å². The van der Waals surface area contributed by atoms with Crippen LogP contribution in [-0.2, 0) is 9.57 Å². The van der Waals surface area contributed by atoms with Gasteiger partial charge < -0.3 is 15.3 Å². The van der Waals surface area contributed by atoms with Crippen molar-refractivity contribution in [3.05, 3.63) is 24.3 Å². The van der Waals surface area contributed by atoms with Crippen molar-refractivity contribution >= 4 is 30.2 Å². The predicted octanol–water partition coefficient (Wildman–Crippen LogP) is 1.68. The summed E-state index contributed by atoms with van der Waals surface area (Å²) in [5.74, 6) is 0.447. The molecule has 1 aromatic rings. The molecule has 3 N–H and O–H groups in total. The molecule has 0 aromatic heterocycles. The van der Waals surface area contributed by atoms with Crippen molar-refractivity contribution in [3.8, 4) is 0 Å². The van der Waals surface area contributed by atoms with Crippen LogP contribution < -0.4 is 11.2 Å². The molecule has 0 aliphatic carbocycles. The fraction of sp³-hybridized carbons (Fsp3) is 0.222. The van der Waals surface area contributed by atoms with Gasteiger partial charge in [0.1, 0.15) is 6.61 Å². The van der Waals surface area contributed by atoms with Gasteiger partial charge in [-0.1, -0.05) is 12.1 Å². The van der Waals surface area contributed by atoms with Gasteiger partial charge in [0.25, 0.3) is 0 Å². The maximum atomic E-state index is 10.9. The molecule has 0 fully saturated rings. The number of rotatable bonds is 4. The largest absolute Gasteiger partial charge is 0.533 e. The van der Waals surface area contributed by atoms with E-state index in [-0.39, 0.29) is 6.61 Å². The number of hydrogen-bond acceptors (Lipinski definition) is 6. The molecular formula is C9H12N2O3S. The minimum atomic E-state index is -0.813. The number of thiol groups is 1. The van der Waals surface area contributed by atoms with Gasteiger partial charge >= 0.3 is 6.16 Å². The van der Waals surface area contributed by atoms with Crippen molar-refractivity contribution in [2.24, 2.45) is 0 Å². The molecule has 82 valence electrons. The first kappa shape index (κ1) is 11.5. The average Bonchev–Trinajstić information content (AvgIpc) is 2.25. The molecule has 1 rings (SSSR count). The van der Waals surface area contributed by atoms with Crippen molar-refractivity contribution in [3.63, 3.8) is 0 Å². The van der Waals surface area contributed by atoms with Crippen molar-refractivity contribution in [2.75, 3.05) is 23.6 Å². The molecule has 5 nitrogen and oxygen atoms in total. The van der Waals surface area contributed by atoms with Gasteiger partial charge in [0.15, 0.2) is 0 Å². The summed E-state index contributed by atoms with van der Waals surface area (Å²) < 4.78 is 4.61. The van der Waals surface area contributed by atoms with E-state index in [0.29, 0.717) is 17.1 Å². The topological polar surface area (TPSA) is 73.6 Å². The van der Waals surface area contributed by atoms with Crippen LogP contribution in [0.2, 0.25) is 0 Å². The average molecular weight is 228 g/mol. The second kappa shape index (κ2) is 6.02. The third-order valence-corrected chi connectivity index (χ3v) is 1.70. The van der Waals surface area contributed by atoms with Gasteiger partial charge in [-0.3, -0.25) is 0 Å². The molecule has 0 aliphatic rings. The second-order valence-corrected chi connectivity index (χ2v) is 3.06. The van der Waals surface area contributed by atoms with Crippen LogP contribution >= 0.6 is 12.6 Å². The van der Waals surface area contributed by atoms with Gasteiger partial charge in [0.2, 0.25) is 0 Å². The fourth-order valence-electron chi connectivity index (χ4n) is 0.845. The highest BCUT2D eigenvalue weighted by Crippen LogP contribution is 2.16. The molecule has 0 saturated heterocycles. The Bertz CT molecular complexity index is 333. The van der Waals surface area contributed by atoms with Crippen LogP contribution in [0, 0.1) is 0 Å². The van der Waals surface area contributed by atoms with Gasteiger partial charge in [0, 0.05) is 5.75 Å². The number of carbonyl (C=O) groups excluding carboxylic acids is 1. The monoisotopic (exact) mass is 228 g/mol. The Morgan fingerprint density at radius 1 is 1.47 bits per heavy atom. The highest BCUT2D eigenvalue weighted by atomic mass is 32.1. The van der Waals surface area contributed by atoms with E-state index in [1.165, 1.54) is 0 Å². The summed E-state index contributed by atoms with van der Waals surface area (Å²) in [6, 6.07) is 6.91. The second-order valence-electron chi connectivity index (χ2n) is 2.61. The van der Waals surface area contributed by atoms with E-state index in [0.717, 1.165) is 0 Å². The Hall–Kier alpha value is -1.56. The maximum Gasteiger partial charge on any atom is 0.533 e. The summed E-state index contributed by atoms with van der Waals surface area (Å²) in [6.07, 6.45) is -0.813. The van der Waals surface area contributed by atoms with Crippen LogP contribution in [0.1, 0.15) is 0 Å². The summed E-state index contributed by atoms with van der Waals surface area (Å²) >= 11 is 3.88. The van der Waals surface area contributed by atoms with Crippen LogP contribution in [0.15, 0.2) is 24.3 Å². The molecule has 1 aromatic carbocycles. The first-order valence-electron chi connectivity index (χ1n) is 4.29. The summed E-state index contributed by atoms with van der Waals surface area (Å²) in [6.45, 7) is 0.202. The van der Waals surface area contributed by atoms with Crippen LogP contribution in [0.5, 0.6) is 0 Å². The molecule has 0 unspecified atom stereocenters. The number of hydrogen-bond donors (Lipinski definition) is 3. The van der Waals surface area contributed by atoms with E-state index in [4.69, 9.17) is 5.73 Å². The van der Waals surface area contributed by atoms with E-state index in [1.54, 1.807) is 24.3 Å². The Kier molecular flexibility index (Phi) is 4.62. The molecule has 0 spiro atoms. The van der Waals surface area contributed by atoms with E-state index in [2.05, 4.69) is 27.7 Å². The lowest BCUT2D eigenvalue weighted by atomic mass is 10.3. The molecule has 0 aliphatic heterocycles. The smallest absolute Gasteiger partial charge is 0.432 e. The molecule has 0 atom stereocenters. The third kappa shape index (κ3) is 3.99. The normalized spacial score (nSPS) is 9.40. The van der Waals surface area contributed by atoms with Crippen molar-refractivity contribution < 1.29 is 14.4 Å². The lowest BCUT2D eigenvalue weighted by Crippen LogP contribution is -2.14. The molecule has 0 bridgehead atoms. The van der Waals surface area contributed by atoms with Gasteiger partial charge in [-0.25, -0.2) is 10.3 Å². The zero-order valence-corrected chi connectivity index (χ0v) is 8.87. The van der Waals surface area contributed by atoms with E-state index < -0.39 is 6.16 Å². The fourth-order valence-corrected chi connectivity index (χ4v) is 0.936. The minimum absolute atomic E-state index is 0.202. The maximum absolute atomic E-state index is 10.9. The van der Waals surface area contributed by atoms with E-state index in [1.807, 2.05) is 0 Å². The summed E-state index contributed by atoms with van der Waals surface area (Å²) in [5.41, 5.74) is 9.00. The lowest BCUT2D eigenvalue weighted by molar-refractivity contribution is 0.0771. The predicted molar refractivity (Wildman–Crippen MR) is 60.8 cm³/mol. The summed E-state index contributed by atoms with van der Waals surface area (Å²) in [5, 5.41) is 0. The Balaban J connectivity index is 2.37. The third-order valence-electron chi connectivity index (χ3n) is 1.52. The highest BCUT2D eigenvalue weighted by molar-refractivity contribution is 7.80. The number of nitrogens with two attached hydrogens (primary N) is 1. The van der Waals surface area contributed by atoms with Gasteiger partial charge in [-0.2, -0.15) is 12.6 Å². The molecule has 0 heterocycles. The van der Waals surface area contributed by atoms with Crippen molar-refractivity contribution in [1.29, 1.82) is 0 Å². The number of anilines is 2. The molecule has 0 radical (unpaired) electrons. The van der Waals surface area contributed by atoms with Crippen LogP contribution in [0.25, 0.3) is 0 Å². The number of benzene rings is 1. The Morgan fingerprint density at radius 2 is 2.20 bits per heavy atom. The van der Waals surface area contributed by atoms with Crippen LogP contribution in [-0.4, -0.2) is 18.5 Å². The molecule has 15 heavy (non-hydrogen) atoms. The molecule has 0 amide bonds. The minimum Gasteiger partial charge on any atom is -0.432 e. The number of carbonyl (C=O) groups is 1. The molecule has 6 heteroatoms. The summed E-state index contributed by atoms with van der Waals surface area (Å²) in [7, 11) is 0. The zero-order valence-electron chi connectivity index (χ0n) is 7.97. The number of nitrogen functional groups attached to an aromatic ring is 1. The van der Waals surface area contributed by atoms with Crippen molar-refractivity contribution in [2.45, 2.75) is 0 Å².